The van der Waals surface area contributed by atoms with Gasteiger partial charge in [0.05, 0.1) is 30.5 Å². The molecule has 7 nitrogen and oxygen atoms in total. The number of hydrogen-bond donors (Lipinski definition) is 0. The summed E-state index contributed by atoms with van der Waals surface area (Å²) in [5, 5.41) is 4.41. The summed E-state index contributed by atoms with van der Waals surface area (Å²) in [5.41, 5.74) is 2.75. The largest absolute Gasteiger partial charge is 0.496 e. The van der Waals surface area contributed by atoms with E-state index in [9.17, 15) is 14.0 Å². The zero-order chi connectivity index (χ0) is 24.1. The van der Waals surface area contributed by atoms with Gasteiger partial charge in [-0.2, -0.15) is 9.50 Å². The van der Waals surface area contributed by atoms with Gasteiger partial charge in [-0.1, -0.05) is 53.8 Å². The van der Waals surface area contributed by atoms with E-state index in [4.69, 9.17) is 4.74 Å². The number of ether oxygens (including phenoxy) is 1. The summed E-state index contributed by atoms with van der Waals surface area (Å²) >= 11 is 1.13. The zero-order valence-electron chi connectivity index (χ0n) is 18.4. The molecule has 0 saturated heterocycles. The molecule has 0 aliphatic carbocycles. The van der Waals surface area contributed by atoms with Crippen LogP contribution in [-0.4, -0.2) is 27.6 Å². The monoisotopic (exact) mass is 484 g/mol. The van der Waals surface area contributed by atoms with Gasteiger partial charge in [0.1, 0.15) is 16.1 Å². The van der Waals surface area contributed by atoms with Crippen LogP contribution >= 0.6 is 11.3 Å². The van der Waals surface area contributed by atoms with Crippen LogP contribution < -0.4 is 19.7 Å². The number of para-hydroxylation sites is 2. The molecule has 2 aromatic heterocycles. The van der Waals surface area contributed by atoms with Crippen LogP contribution in [0.4, 0.5) is 10.1 Å². The predicted molar refractivity (Wildman–Crippen MR) is 131 cm³/mol. The van der Waals surface area contributed by atoms with Crippen molar-refractivity contribution in [1.82, 2.24) is 14.6 Å². The molecule has 0 fully saturated rings. The van der Waals surface area contributed by atoms with Crippen LogP contribution in [0, 0.1) is 5.82 Å². The summed E-state index contributed by atoms with van der Waals surface area (Å²) in [5.74, 6) is 0.344. The van der Waals surface area contributed by atoms with Crippen LogP contribution in [0.15, 0.2) is 77.6 Å². The third-order valence-electron chi connectivity index (χ3n) is 5.91. The predicted octanol–water partition coefficient (Wildman–Crippen LogP) is 3.43. The molecular weight excluding hydrogens is 467 g/mol. The molecule has 1 amide bonds. The van der Waals surface area contributed by atoms with Gasteiger partial charge in [0.2, 0.25) is 4.96 Å². The molecule has 0 atom stereocenters. The minimum Gasteiger partial charge on any atom is -0.496 e. The van der Waals surface area contributed by atoms with E-state index in [-0.39, 0.29) is 22.8 Å². The molecule has 1 aliphatic heterocycles. The molecule has 0 spiro atoms. The number of methoxy groups -OCH3 is 1. The Morgan fingerprint density at radius 1 is 0.943 bits per heavy atom. The number of carbonyl (C=O) groups excluding carboxylic acids is 1. The van der Waals surface area contributed by atoms with E-state index in [1.807, 2.05) is 42.5 Å². The van der Waals surface area contributed by atoms with Crippen LogP contribution in [0.25, 0.3) is 21.9 Å². The van der Waals surface area contributed by atoms with Crippen LogP contribution in [0.5, 0.6) is 5.75 Å². The fourth-order valence-electron chi connectivity index (χ4n) is 4.26. The fraction of sp³-hybridized carbons (Fsp3) is 0.0769. The smallest absolute Gasteiger partial charge is 0.291 e. The molecule has 0 unspecified atom stereocenters. The van der Waals surface area contributed by atoms with Crippen molar-refractivity contribution >= 4 is 33.5 Å². The van der Waals surface area contributed by atoms with Crippen molar-refractivity contribution in [3.63, 3.8) is 0 Å². The minimum atomic E-state index is -0.402. The second kappa shape index (κ2) is 8.14. The maximum absolute atomic E-state index is 13.6. The Balaban J connectivity index is 1.49. The molecule has 9 heteroatoms. The lowest BCUT2D eigenvalue weighted by molar-refractivity contribution is -0.113. The lowest BCUT2D eigenvalue weighted by atomic mass is 10.1. The summed E-state index contributed by atoms with van der Waals surface area (Å²) in [7, 11) is 1.56. The van der Waals surface area contributed by atoms with Gasteiger partial charge in [-0.15, -0.1) is 5.10 Å². The molecule has 0 bridgehead atoms. The van der Waals surface area contributed by atoms with Crippen LogP contribution in [0.1, 0.15) is 11.1 Å². The van der Waals surface area contributed by atoms with Gasteiger partial charge in [0.15, 0.2) is 5.82 Å². The van der Waals surface area contributed by atoms with Gasteiger partial charge >= 0.3 is 0 Å². The molecule has 0 radical (unpaired) electrons. The number of nitrogens with zero attached hydrogens (tertiary/aromatic N) is 4. The number of hydrogen-bond acceptors (Lipinski definition) is 6. The van der Waals surface area contributed by atoms with Crippen molar-refractivity contribution in [1.29, 1.82) is 0 Å². The average molecular weight is 485 g/mol. The zero-order valence-corrected chi connectivity index (χ0v) is 19.3. The third-order valence-corrected chi connectivity index (χ3v) is 6.94. The first-order valence-electron chi connectivity index (χ1n) is 10.8. The normalized spacial score (nSPS) is 14.6. The fourth-order valence-corrected chi connectivity index (χ4v) is 5.26. The molecule has 0 saturated carbocycles. The SMILES string of the molecule is COc1ccccc1-c1nc2s/c(=C3\C(=O)N(Cc4ccc(F)cc4)c4ccccc43)c(=O)n2n1. The molecule has 3 heterocycles. The second-order valence-electron chi connectivity index (χ2n) is 7.98. The van der Waals surface area contributed by atoms with E-state index in [1.165, 1.54) is 16.6 Å². The van der Waals surface area contributed by atoms with Crippen molar-refractivity contribution in [2.45, 2.75) is 6.54 Å². The molecule has 5 aromatic rings. The maximum Gasteiger partial charge on any atom is 0.291 e. The highest BCUT2D eigenvalue weighted by molar-refractivity contribution is 7.15. The Hall–Kier alpha value is -4.37. The van der Waals surface area contributed by atoms with E-state index < -0.39 is 5.56 Å². The molecule has 172 valence electrons. The number of carbonyl (C=O) groups is 1. The van der Waals surface area contributed by atoms with Crippen LogP contribution in [0.3, 0.4) is 0 Å². The minimum absolute atomic E-state index is 0.256. The van der Waals surface area contributed by atoms with E-state index >= 15 is 0 Å². The van der Waals surface area contributed by atoms with Gasteiger partial charge in [-0.05, 0) is 35.9 Å². The lowest BCUT2D eigenvalue weighted by Gasteiger charge is -2.17. The van der Waals surface area contributed by atoms with Crippen molar-refractivity contribution in [2.75, 3.05) is 12.0 Å². The second-order valence-corrected chi connectivity index (χ2v) is 8.95. The van der Waals surface area contributed by atoms with E-state index in [2.05, 4.69) is 10.1 Å². The quantitative estimate of drug-likeness (QED) is 0.391. The van der Waals surface area contributed by atoms with E-state index in [0.717, 1.165) is 16.9 Å². The van der Waals surface area contributed by atoms with Crippen molar-refractivity contribution in [3.8, 4) is 17.1 Å². The van der Waals surface area contributed by atoms with Crippen molar-refractivity contribution in [2.24, 2.45) is 0 Å². The Morgan fingerprint density at radius 2 is 1.66 bits per heavy atom. The summed E-state index contributed by atoms with van der Waals surface area (Å²) in [6, 6.07) is 20.6. The number of thiazole rings is 1. The Morgan fingerprint density at radius 3 is 2.40 bits per heavy atom. The summed E-state index contributed by atoms with van der Waals surface area (Å²) in [6.07, 6.45) is 0. The van der Waals surface area contributed by atoms with Gasteiger partial charge in [0.25, 0.3) is 11.5 Å². The highest BCUT2D eigenvalue weighted by Crippen LogP contribution is 2.36. The van der Waals surface area contributed by atoms with Crippen LogP contribution in [0.2, 0.25) is 0 Å². The first-order valence-corrected chi connectivity index (χ1v) is 11.6. The Labute approximate surface area is 202 Å². The van der Waals surface area contributed by atoms with Crippen LogP contribution in [-0.2, 0) is 11.3 Å². The standard InChI is InChI=1S/C26H17FN4O3S/c1-34-20-9-5-3-7-18(20)23-28-26-31(29-23)25(33)22(35-26)21-17-6-2-4-8-19(17)30(24(21)32)14-15-10-12-16(27)13-11-15/h2-13H,14H2,1H3/b22-21-. The number of amides is 1. The first kappa shape index (κ1) is 21.2. The molecule has 35 heavy (non-hydrogen) atoms. The molecule has 1 aliphatic rings. The van der Waals surface area contributed by atoms with Gasteiger partial charge in [-0.3, -0.25) is 9.59 Å². The number of fused-ring (bicyclic) bond motifs is 2. The maximum atomic E-state index is 13.6. The summed E-state index contributed by atoms with van der Waals surface area (Å²) in [6.45, 7) is 0.256. The van der Waals surface area contributed by atoms with E-state index in [0.29, 0.717) is 38.9 Å². The van der Waals surface area contributed by atoms with Gasteiger partial charge in [0, 0.05) is 5.56 Å². The highest BCUT2D eigenvalue weighted by Gasteiger charge is 2.34. The third kappa shape index (κ3) is 3.39. The van der Waals surface area contributed by atoms with Crippen molar-refractivity contribution < 1.29 is 13.9 Å². The van der Waals surface area contributed by atoms with Gasteiger partial charge < -0.3 is 9.64 Å². The number of halogens is 1. The number of benzene rings is 3. The summed E-state index contributed by atoms with van der Waals surface area (Å²) < 4.78 is 20.3. The lowest BCUT2D eigenvalue weighted by Crippen LogP contribution is -2.32. The average Bonchev–Trinajstić information content (AvgIpc) is 3.51. The number of rotatable bonds is 4. The van der Waals surface area contributed by atoms with Crippen molar-refractivity contribution in [3.05, 3.63) is 105 Å². The topological polar surface area (TPSA) is 76.8 Å². The first-order chi connectivity index (χ1) is 17.0. The van der Waals surface area contributed by atoms with Gasteiger partial charge in [-0.25, -0.2) is 4.39 Å². The molecular formula is C26H17FN4O3S. The summed E-state index contributed by atoms with van der Waals surface area (Å²) in [4.78, 5) is 33.5. The highest BCUT2D eigenvalue weighted by atomic mass is 32.1. The Kier molecular flexibility index (Phi) is 4.93. The van der Waals surface area contributed by atoms with E-state index in [1.54, 1.807) is 30.2 Å². The molecule has 3 aromatic carbocycles. The molecule has 6 rings (SSSR count). The molecule has 0 N–H and O–H groups in total. The number of aromatic nitrogens is 3. The number of anilines is 1. The Bertz CT molecular complexity index is 1730.